The fourth-order valence-electron chi connectivity index (χ4n) is 3.70. The Balaban J connectivity index is 1.89. The van der Waals surface area contributed by atoms with E-state index in [0.29, 0.717) is 0 Å². The minimum Gasteiger partial charge on any atom is -0.423 e. The largest absolute Gasteiger partial charge is 0.423 e. The molecule has 0 saturated heterocycles. The molecule has 0 amide bonds. The van der Waals surface area contributed by atoms with E-state index in [1.165, 1.54) is 17.9 Å². The number of alkyl halides is 3. The summed E-state index contributed by atoms with van der Waals surface area (Å²) in [6.07, 6.45) is -4.53. The van der Waals surface area contributed by atoms with E-state index in [1.54, 1.807) is 0 Å². The van der Waals surface area contributed by atoms with Crippen molar-refractivity contribution < 1.29 is 22.7 Å². The average Bonchev–Trinajstić information content (AvgIpc) is 2.84. The molecule has 0 fully saturated rings. The quantitative estimate of drug-likeness (QED) is 0.224. The minimum absolute atomic E-state index is 0.154. The van der Waals surface area contributed by atoms with Gasteiger partial charge in [0.2, 0.25) is 0 Å². The Morgan fingerprint density at radius 2 is 1.12 bits per heavy atom. The molecule has 0 aromatic heterocycles. The van der Waals surface area contributed by atoms with E-state index in [9.17, 15) is 18.0 Å². The first-order chi connectivity index (χ1) is 15.9. The third-order valence-corrected chi connectivity index (χ3v) is 9.11. The summed E-state index contributed by atoms with van der Waals surface area (Å²) in [5, 5.41) is 2.80. The molecule has 0 N–H and O–H groups in total. The summed E-state index contributed by atoms with van der Waals surface area (Å²) < 4.78 is 44.7. The zero-order chi connectivity index (χ0) is 23.3. The van der Waals surface area contributed by atoms with Gasteiger partial charge >= 0.3 is 12.1 Å². The molecule has 0 aliphatic heterocycles. The van der Waals surface area contributed by atoms with Crippen LogP contribution in [0.1, 0.15) is 5.56 Å². The van der Waals surface area contributed by atoms with Crippen LogP contribution in [0.15, 0.2) is 115 Å². The van der Waals surface area contributed by atoms with Gasteiger partial charge in [-0.05, 0) is 41.0 Å². The average molecular weight is 464 g/mol. The van der Waals surface area contributed by atoms with Crippen LogP contribution in [-0.4, -0.2) is 11.8 Å². The molecule has 0 radical (unpaired) electrons. The van der Waals surface area contributed by atoms with Gasteiger partial charge in [0.15, 0.2) is 0 Å². The van der Waals surface area contributed by atoms with E-state index in [2.05, 4.69) is 0 Å². The van der Waals surface area contributed by atoms with E-state index in [-0.39, 0.29) is 5.75 Å². The second kappa shape index (κ2) is 9.51. The maximum Gasteiger partial charge on any atom is 0.416 e. The number of carbonyl (C=O) groups excluding carboxylic acids is 1. The molecule has 0 saturated carbocycles. The summed E-state index contributed by atoms with van der Waals surface area (Å²) in [7, 11) is 0. The summed E-state index contributed by atoms with van der Waals surface area (Å²) in [4.78, 5) is 13.2. The minimum atomic E-state index is -4.53. The molecule has 2 nitrogen and oxygen atoms in total. The smallest absolute Gasteiger partial charge is 0.416 e. The van der Waals surface area contributed by atoms with E-state index < -0.39 is 24.6 Å². The first kappa shape index (κ1) is 22.6. The summed E-state index contributed by atoms with van der Waals surface area (Å²) in [6, 6.07) is 33.2. The number of rotatable bonds is 5. The van der Waals surface area contributed by atoms with Gasteiger partial charge in [0.05, 0.1) is 5.56 Å². The van der Waals surface area contributed by atoms with Crippen molar-refractivity contribution in [2.75, 3.05) is 0 Å². The molecule has 0 bridgehead atoms. The Morgan fingerprint density at radius 3 is 1.55 bits per heavy atom. The highest BCUT2D eigenvalue weighted by Gasteiger charge is 2.31. The Morgan fingerprint density at radius 1 is 0.667 bits per heavy atom. The van der Waals surface area contributed by atoms with Gasteiger partial charge in [0.25, 0.3) is 0 Å². The first-order valence-electron chi connectivity index (χ1n) is 10.2. The highest BCUT2D eigenvalue weighted by molar-refractivity contribution is 7.95. The molecule has 0 heterocycles. The van der Waals surface area contributed by atoms with Gasteiger partial charge in [0, 0.05) is 5.80 Å². The third-order valence-electron chi connectivity index (χ3n) is 5.17. The molecular weight excluding hydrogens is 444 g/mol. The van der Waals surface area contributed by atoms with E-state index >= 15 is 0 Å². The van der Waals surface area contributed by atoms with Crippen LogP contribution in [0.2, 0.25) is 0 Å². The maximum absolute atomic E-state index is 13.2. The number of benzene rings is 4. The second-order valence-electron chi connectivity index (χ2n) is 7.31. The van der Waals surface area contributed by atoms with Gasteiger partial charge in [-0.25, -0.2) is 4.79 Å². The normalized spacial score (nSPS) is 11.6. The number of hydrogen-bond donors (Lipinski definition) is 0. The van der Waals surface area contributed by atoms with Gasteiger partial charge in [-0.2, -0.15) is 13.2 Å². The van der Waals surface area contributed by atoms with Crippen molar-refractivity contribution in [3.63, 3.8) is 0 Å². The van der Waals surface area contributed by atoms with E-state index in [1.807, 2.05) is 91.0 Å². The highest BCUT2D eigenvalue weighted by atomic mass is 31.2. The number of ether oxygens (including phenoxy) is 1. The van der Waals surface area contributed by atoms with Crippen LogP contribution in [0, 0.1) is 0 Å². The standard InChI is InChI=1S/C27H20F3O2P/c28-27(29,30)21-11-10-12-22(19-21)32-26(31)20-33(23-13-4-1-5-14-23,24-15-6-2-7-16-24)25-17-8-3-9-18-25/h1-20H. The van der Waals surface area contributed by atoms with Crippen molar-refractivity contribution in [2.24, 2.45) is 0 Å². The monoisotopic (exact) mass is 464 g/mol. The van der Waals surface area contributed by atoms with Crippen molar-refractivity contribution in [3.8, 4) is 5.75 Å². The van der Waals surface area contributed by atoms with Crippen molar-refractivity contribution in [1.29, 1.82) is 0 Å². The Bertz CT molecular complexity index is 1180. The van der Waals surface area contributed by atoms with Gasteiger partial charge in [-0.15, -0.1) is 0 Å². The highest BCUT2D eigenvalue weighted by Crippen LogP contribution is 2.43. The number of esters is 1. The van der Waals surface area contributed by atoms with E-state index in [4.69, 9.17) is 4.74 Å². The molecule has 0 atom stereocenters. The lowest BCUT2D eigenvalue weighted by atomic mass is 10.2. The van der Waals surface area contributed by atoms with Crippen molar-refractivity contribution >= 4 is 34.6 Å². The topological polar surface area (TPSA) is 26.3 Å². The SMILES string of the molecule is O=C(C=P(c1ccccc1)(c1ccccc1)c1ccccc1)Oc1cccc(C(F)(F)F)c1. The van der Waals surface area contributed by atoms with Crippen LogP contribution >= 0.6 is 6.89 Å². The zero-order valence-electron chi connectivity index (χ0n) is 17.4. The maximum atomic E-state index is 13.2. The van der Waals surface area contributed by atoms with E-state index in [0.717, 1.165) is 28.0 Å². The molecule has 4 rings (SSSR count). The van der Waals surface area contributed by atoms with Crippen molar-refractivity contribution in [2.45, 2.75) is 6.18 Å². The molecule has 0 unspecified atom stereocenters. The molecular formula is C27H20F3O2P. The molecule has 166 valence electrons. The predicted molar refractivity (Wildman–Crippen MR) is 128 cm³/mol. The molecule has 6 heteroatoms. The number of halogens is 3. The summed E-state index contributed by atoms with van der Waals surface area (Å²) >= 11 is 0. The van der Waals surface area contributed by atoms with Crippen molar-refractivity contribution in [1.82, 2.24) is 0 Å². The molecule has 4 aromatic carbocycles. The lowest BCUT2D eigenvalue weighted by Crippen LogP contribution is -2.29. The lowest BCUT2D eigenvalue weighted by Gasteiger charge is -2.28. The third kappa shape index (κ3) is 4.94. The Hall–Kier alpha value is -3.56. The van der Waals surface area contributed by atoms with Crippen molar-refractivity contribution in [3.05, 3.63) is 121 Å². The summed E-state index contributed by atoms with van der Waals surface area (Å²) in [5.74, 6) is 0.672. The van der Waals surface area contributed by atoms with Gasteiger partial charge < -0.3 is 4.74 Å². The van der Waals surface area contributed by atoms with Crippen LogP contribution in [0.4, 0.5) is 13.2 Å². The Labute approximate surface area is 190 Å². The Kier molecular flexibility index (Phi) is 6.52. The molecule has 0 aliphatic rings. The second-order valence-corrected chi connectivity index (χ2v) is 10.6. The lowest BCUT2D eigenvalue weighted by molar-refractivity contribution is -0.138. The van der Waals surface area contributed by atoms with Crippen LogP contribution in [0.3, 0.4) is 0 Å². The molecule has 0 aliphatic carbocycles. The van der Waals surface area contributed by atoms with Gasteiger partial charge in [-0.3, -0.25) is 0 Å². The summed E-state index contributed by atoms with van der Waals surface area (Å²) in [6.45, 7) is -2.61. The molecule has 4 aromatic rings. The van der Waals surface area contributed by atoms with Crippen LogP contribution in [-0.2, 0) is 11.0 Å². The van der Waals surface area contributed by atoms with Crippen LogP contribution in [0.25, 0.3) is 0 Å². The molecule has 0 spiro atoms. The van der Waals surface area contributed by atoms with Gasteiger partial charge in [0.1, 0.15) is 5.75 Å². The summed E-state index contributed by atoms with van der Waals surface area (Å²) in [5.41, 5.74) is -0.872. The fraction of sp³-hybridized carbons (Fsp3) is 0.0370. The number of carbonyl (C=O) groups is 1. The van der Waals surface area contributed by atoms with Crippen LogP contribution in [0.5, 0.6) is 5.75 Å². The van der Waals surface area contributed by atoms with Gasteiger partial charge in [-0.1, -0.05) is 97.1 Å². The zero-order valence-corrected chi connectivity index (χ0v) is 18.3. The predicted octanol–water partition coefficient (Wildman–Crippen LogP) is 5.41. The first-order valence-corrected chi connectivity index (χ1v) is 12.1. The van der Waals surface area contributed by atoms with Crippen LogP contribution < -0.4 is 20.7 Å². The fourth-order valence-corrected chi connectivity index (χ4v) is 7.33. The molecule has 33 heavy (non-hydrogen) atoms. The number of hydrogen-bond acceptors (Lipinski definition) is 2.